The quantitative estimate of drug-likeness (QED) is 0.0435. The van der Waals surface area contributed by atoms with E-state index in [1.807, 2.05) is 44.2 Å². The predicted molar refractivity (Wildman–Crippen MR) is 306 cm³/mol. The maximum Gasteiger partial charge on any atom is 0.243 e. The first-order chi connectivity index (χ1) is 40.7. The number of phenolic OH excluding ortho intramolecular Hbond substituents is 2. The minimum absolute atomic E-state index is 0.0106. The van der Waals surface area contributed by atoms with Gasteiger partial charge in [0.25, 0.3) is 0 Å². The molecule has 0 spiro atoms. The summed E-state index contributed by atoms with van der Waals surface area (Å²) in [5, 5.41) is 73.0. The summed E-state index contributed by atoms with van der Waals surface area (Å²) in [7, 11) is 1.28. The molecular formula is C61H79N7O18. The van der Waals surface area contributed by atoms with Crippen molar-refractivity contribution in [2.45, 2.75) is 173 Å². The smallest absolute Gasteiger partial charge is 0.243 e. The molecule has 86 heavy (non-hydrogen) atoms. The van der Waals surface area contributed by atoms with Crippen LogP contribution in [0.1, 0.15) is 148 Å². The van der Waals surface area contributed by atoms with E-state index in [4.69, 9.17) is 14.2 Å². The number of amides is 7. The number of benzene rings is 3. The molecule has 2 fully saturated rings. The highest BCUT2D eigenvalue weighted by atomic mass is 16.7. The van der Waals surface area contributed by atoms with Crippen molar-refractivity contribution in [2.75, 3.05) is 26.8 Å². The second-order valence-electron chi connectivity index (χ2n) is 23.5. The zero-order valence-corrected chi connectivity index (χ0v) is 49.5. The largest absolute Gasteiger partial charge is 0.507 e. The molecule has 2 heterocycles. The number of hydrogen-bond acceptors (Lipinski definition) is 18. The first kappa shape index (κ1) is 65.7. The number of rotatable bonds is 24. The fourth-order valence-corrected chi connectivity index (χ4v) is 11.7. The Morgan fingerprint density at radius 1 is 0.791 bits per heavy atom. The van der Waals surface area contributed by atoms with Crippen LogP contribution in [0.4, 0.5) is 0 Å². The van der Waals surface area contributed by atoms with Gasteiger partial charge in [-0.2, -0.15) is 0 Å². The molecule has 4 aliphatic rings. The van der Waals surface area contributed by atoms with E-state index < -0.39 is 168 Å². The van der Waals surface area contributed by atoms with Gasteiger partial charge in [-0.15, -0.1) is 0 Å². The molecule has 2 aliphatic carbocycles. The molecular weight excluding hydrogens is 1120 g/mol. The van der Waals surface area contributed by atoms with E-state index in [2.05, 4.69) is 31.9 Å². The van der Waals surface area contributed by atoms with Crippen LogP contribution in [0, 0.1) is 11.8 Å². The number of methoxy groups -OCH3 is 1. The lowest BCUT2D eigenvalue weighted by Crippen LogP contribution is -2.60. The van der Waals surface area contributed by atoms with Crippen molar-refractivity contribution >= 4 is 58.7 Å². The van der Waals surface area contributed by atoms with Crippen molar-refractivity contribution in [1.29, 1.82) is 0 Å². The van der Waals surface area contributed by atoms with E-state index in [1.54, 1.807) is 13.8 Å². The number of ether oxygens (including phenoxy) is 3. The lowest BCUT2D eigenvalue weighted by Gasteiger charge is -2.43. The van der Waals surface area contributed by atoms with Crippen LogP contribution >= 0.6 is 0 Å². The third-order valence-corrected chi connectivity index (χ3v) is 16.1. The Bertz CT molecular complexity index is 3100. The number of hydrogen-bond donors (Lipinski definition) is 11. The van der Waals surface area contributed by atoms with Crippen molar-refractivity contribution in [2.24, 2.45) is 11.8 Å². The Morgan fingerprint density at radius 2 is 1.45 bits per heavy atom. The molecule has 0 aromatic heterocycles. The lowest BCUT2D eigenvalue weighted by atomic mass is 9.72. The summed E-state index contributed by atoms with van der Waals surface area (Å²) in [6.07, 6.45) is -5.49. The van der Waals surface area contributed by atoms with Gasteiger partial charge in [-0.25, -0.2) is 0 Å². The number of nitrogens with zero attached hydrogens (tertiary/aromatic N) is 1. The van der Waals surface area contributed by atoms with Crippen molar-refractivity contribution in [3.05, 3.63) is 87.5 Å². The van der Waals surface area contributed by atoms with Crippen molar-refractivity contribution in [1.82, 2.24) is 36.8 Å². The van der Waals surface area contributed by atoms with Gasteiger partial charge in [-0.3, -0.25) is 47.9 Å². The van der Waals surface area contributed by atoms with Crippen LogP contribution in [-0.4, -0.2) is 176 Å². The first-order valence-corrected chi connectivity index (χ1v) is 29.0. The molecule has 7 rings (SSSR count). The number of Topliss-reactive ketones (excluding diaryl/α,β-unsaturated/α-hetero) is 1. The van der Waals surface area contributed by atoms with Crippen LogP contribution in [-0.2, 0) is 60.7 Å². The fourth-order valence-electron chi connectivity index (χ4n) is 11.7. The molecule has 0 saturated carbocycles. The van der Waals surface area contributed by atoms with Crippen LogP contribution in [0.25, 0.3) is 0 Å². The second-order valence-corrected chi connectivity index (χ2v) is 23.5. The Kier molecular flexibility index (Phi) is 21.5. The lowest BCUT2D eigenvalue weighted by molar-refractivity contribution is -0.249. The summed E-state index contributed by atoms with van der Waals surface area (Å²) in [4.78, 5) is 138. The SMILES string of the molecule is COc1cccc2c1C(=O)c1c(O)c3c(c(O)c1C2=O)C[C@@](O)(C(=O)CO)C[C@@H]3O[C@H]1C[C@H](NC(=O)[C@H](CC(C)C)NC(=O)[C@H](C)NC(=O)[C@H](CCc2ccccc2)NC(=O)CNC(=O)[C@H](CC(C)C)NC(=O)[C@@H]2CCCN2C(C)=O)[C@H](O)[C@H](C)O1. The average molecular weight is 1200 g/mol. The molecule has 0 bridgehead atoms. The molecule has 0 radical (unpaired) electrons. The molecule has 25 heteroatoms. The highest BCUT2D eigenvalue weighted by molar-refractivity contribution is 6.31. The molecule has 2 saturated heterocycles. The van der Waals surface area contributed by atoms with E-state index in [-0.39, 0.29) is 71.4 Å². The number of aliphatic hydroxyl groups is 3. The molecule has 11 N–H and O–H groups in total. The van der Waals surface area contributed by atoms with E-state index >= 15 is 0 Å². The molecule has 25 nitrogen and oxygen atoms in total. The average Bonchev–Trinajstić information content (AvgIpc) is 0.795. The standard InChI is InChI=1S/C61H79N7O18/c1-29(2)22-39(67-60(82)41-17-13-21-68(41)33(7)70)57(79)62-27-45(72)64-37(20-19-34-14-10-9-11-15-34)58(80)63-31(5)56(78)66-40(23-30(3)4)59(81)65-38-24-46(85-32(6)51(38)73)86-43-26-61(83,44(71)28-69)25-36-48(43)55(77)50-49(53(36)75)52(74)35-16-12-18-42(84-8)47(35)54(50)76/h9-12,14-16,18,29-32,37-41,43,46,51,69,73,75,77,83H,13,17,19-28H2,1-8H3,(H,62,79)(H,63,80)(H,64,72)(H,65,81)(H,66,78)(H,67,82)/t31-,32-,37-,38-,39-,40-,41-,43-,46-,51+,61-/m0/s1. The van der Waals surface area contributed by atoms with Crippen molar-refractivity contribution in [3.63, 3.8) is 0 Å². The topological polar surface area (TPSA) is 375 Å². The highest BCUT2D eigenvalue weighted by Gasteiger charge is 2.51. The number of aryl methyl sites for hydroxylation is 1. The summed E-state index contributed by atoms with van der Waals surface area (Å²) < 4.78 is 17.7. The van der Waals surface area contributed by atoms with Gasteiger partial charge in [-0.1, -0.05) is 70.2 Å². The normalized spacial score (nSPS) is 22.9. The molecule has 2 aliphatic heterocycles. The fraction of sp³-hybridized carbons (Fsp3) is 0.541. The molecule has 7 amide bonds. The van der Waals surface area contributed by atoms with Gasteiger partial charge in [0.2, 0.25) is 47.1 Å². The zero-order valence-electron chi connectivity index (χ0n) is 49.5. The Hall–Kier alpha value is -7.84. The maximum atomic E-state index is 14.3. The maximum absolute atomic E-state index is 14.3. The number of aliphatic hydroxyl groups excluding tert-OH is 2. The molecule has 3 aromatic carbocycles. The van der Waals surface area contributed by atoms with E-state index in [0.29, 0.717) is 25.8 Å². The number of phenols is 2. The Balaban J connectivity index is 1.03. The van der Waals surface area contributed by atoms with E-state index in [0.717, 1.165) is 5.56 Å². The van der Waals surface area contributed by atoms with Crippen LogP contribution in [0.5, 0.6) is 17.2 Å². The van der Waals surface area contributed by atoms with Gasteiger partial charge in [0.15, 0.2) is 17.9 Å². The van der Waals surface area contributed by atoms with Gasteiger partial charge in [0.05, 0.1) is 48.6 Å². The van der Waals surface area contributed by atoms with Crippen LogP contribution in [0.2, 0.25) is 0 Å². The first-order valence-electron chi connectivity index (χ1n) is 29.0. The van der Waals surface area contributed by atoms with Crippen LogP contribution in [0.3, 0.4) is 0 Å². The van der Waals surface area contributed by atoms with E-state index in [9.17, 15) is 73.5 Å². The zero-order chi connectivity index (χ0) is 63.1. The third kappa shape index (κ3) is 14.9. The summed E-state index contributed by atoms with van der Waals surface area (Å²) in [6.45, 7) is 10.2. The van der Waals surface area contributed by atoms with Gasteiger partial charge in [0.1, 0.15) is 65.8 Å². The minimum atomic E-state index is -2.45. The summed E-state index contributed by atoms with van der Waals surface area (Å²) in [6, 6.07) is 6.59. The Labute approximate surface area is 497 Å². The van der Waals surface area contributed by atoms with Gasteiger partial charge in [-0.05, 0) is 75.8 Å². The van der Waals surface area contributed by atoms with Gasteiger partial charge in [0, 0.05) is 49.4 Å². The van der Waals surface area contributed by atoms with Gasteiger partial charge >= 0.3 is 0 Å². The monoisotopic (exact) mass is 1200 g/mol. The van der Waals surface area contributed by atoms with Crippen molar-refractivity contribution in [3.8, 4) is 17.2 Å². The van der Waals surface area contributed by atoms with Crippen molar-refractivity contribution < 1.29 is 87.7 Å². The second kappa shape index (κ2) is 28.1. The highest BCUT2D eigenvalue weighted by Crippen LogP contribution is 2.52. The summed E-state index contributed by atoms with van der Waals surface area (Å²) >= 11 is 0. The number of aromatic hydroxyl groups is 2. The number of likely N-dealkylation sites (tertiary alicyclic amines) is 1. The summed E-state index contributed by atoms with van der Waals surface area (Å²) in [5.74, 6) is -9.15. The number of carbonyl (C=O) groups is 10. The van der Waals surface area contributed by atoms with Gasteiger partial charge < -0.3 is 76.5 Å². The number of carbonyl (C=O) groups excluding carboxylic acids is 10. The van der Waals surface area contributed by atoms with E-state index in [1.165, 1.54) is 51.0 Å². The number of fused-ring (bicyclic) bond motifs is 3. The van der Waals surface area contributed by atoms with Crippen LogP contribution in [0.15, 0.2) is 48.5 Å². The molecule has 11 atom stereocenters. The molecule has 3 aromatic rings. The minimum Gasteiger partial charge on any atom is -0.507 e. The third-order valence-electron chi connectivity index (χ3n) is 16.1. The number of ketones is 3. The molecule has 0 unspecified atom stereocenters. The van der Waals surface area contributed by atoms with Crippen LogP contribution < -0.4 is 36.6 Å². The number of nitrogens with one attached hydrogen (secondary N) is 6. The predicted octanol–water partition coefficient (Wildman–Crippen LogP) is 0.970. The summed E-state index contributed by atoms with van der Waals surface area (Å²) in [5.41, 5.74) is -3.71. The molecule has 466 valence electrons. The Morgan fingerprint density at radius 3 is 2.09 bits per heavy atom.